The summed E-state index contributed by atoms with van der Waals surface area (Å²) < 4.78 is 36.3. The molecule has 0 aliphatic carbocycles. The maximum Gasteiger partial charge on any atom is 1.00 e. The van der Waals surface area contributed by atoms with Gasteiger partial charge in [0.05, 0.1) is 12.6 Å². The first-order valence-corrected chi connectivity index (χ1v) is 5.73. The molecule has 19 heavy (non-hydrogen) atoms. The van der Waals surface area contributed by atoms with E-state index in [0.717, 1.165) is 0 Å². The van der Waals surface area contributed by atoms with Crippen molar-refractivity contribution in [2.24, 2.45) is 5.73 Å². The van der Waals surface area contributed by atoms with E-state index >= 15 is 0 Å². The maximum absolute atomic E-state index is 9.20. The third-order valence-corrected chi connectivity index (χ3v) is 1.95. The maximum atomic E-state index is 9.20. The van der Waals surface area contributed by atoms with Crippen LogP contribution in [0, 0.1) is 0 Å². The number of hydrogen-bond acceptors (Lipinski definition) is 8. The number of aliphatic hydroxyl groups excluding tert-OH is 4. The summed E-state index contributed by atoms with van der Waals surface area (Å²) in [5.74, 6) is 0. The third-order valence-electron chi connectivity index (χ3n) is 1.95. The van der Waals surface area contributed by atoms with Gasteiger partial charge in [-0.05, 0) is 0 Å². The minimum atomic E-state index is -4.67. The largest absolute Gasteiger partial charge is 1.00 e. The molecule has 0 bridgehead atoms. The molecule has 1 aliphatic rings. The summed E-state index contributed by atoms with van der Waals surface area (Å²) in [6, 6.07) is -1.04. The van der Waals surface area contributed by atoms with E-state index in [2.05, 4.69) is 0 Å². The van der Waals surface area contributed by atoms with Crippen LogP contribution in [-0.2, 0) is 15.1 Å². The zero-order valence-corrected chi connectivity index (χ0v) is 13.4. The van der Waals surface area contributed by atoms with Crippen LogP contribution in [0.25, 0.3) is 0 Å². The molecule has 1 saturated heterocycles. The van der Waals surface area contributed by atoms with E-state index in [1.807, 2.05) is 0 Å². The van der Waals surface area contributed by atoms with Crippen molar-refractivity contribution >= 4 is 10.4 Å². The van der Waals surface area contributed by atoms with Crippen LogP contribution in [0.1, 0.15) is 0 Å². The van der Waals surface area contributed by atoms with E-state index in [1.165, 1.54) is 0 Å². The number of aliphatic hydroxyl groups is 4. The summed E-state index contributed by atoms with van der Waals surface area (Å²) in [6.45, 7) is -0.470. The van der Waals surface area contributed by atoms with Gasteiger partial charge in [0, 0.05) is 0 Å². The molecule has 13 heteroatoms. The van der Waals surface area contributed by atoms with E-state index in [9.17, 15) is 10.2 Å². The van der Waals surface area contributed by atoms with Crippen LogP contribution in [0.5, 0.6) is 0 Å². The first-order valence-electron chi connectivity index (χ1n) is 4.34. The molecule has 2 unspecified atom stereocenters. The van der Waals surface area contributed by atoms with Gasteiger partial charge in [0.1, 0.15) is 18.3 Å². The number of nitrogens with two attached hydrogens (primary N) is 1. The molecular weight excluding hydrogens is 321 g/mol. The zero-order valence-electron chi connectivity index (χ0n) is 9.87. The number of halogens is 1. The first-order chi connectivity index (χ1) is 7.57. The van der Waals surface area contributed by atoms with Crippen LogP contribution in [0.15, 0.2) is 0 Å². The van der Waals surface area contributed by atoms with Crippen LogP contribution in [0.3, 0.4) is 0 Å². The average Bonchev–Trinajstić information content (AvgIpc) is 2.18. The molecule has 0 aromatic heterocycles. The van der Waals surface area contributed by atoms with Gasteiger partial charge in [-0.25, -0.2) is 0 Å². The topological polar surface area (TPSA) is 191 Å². The van der Waals surface area contributed by atoms with Crippen LogP contribution in [0.4, 0.5) is 0 Å². The van der Waals surface area contributed by atoms with Crippen molar-refractivity contribution in [2.45, 2.75) is 30.6 Å². The Labute approximate surface area is 137 Å². The molecule has 0 aromatic carbocycles. The molecule has 0 aromatic rings. The fourth-order valence-corrected chi connectivity index (χ4v) is 1.12. The molecule has 0 spiro atoms. The Bertz CT molecular complexity index is 318. The van der Waals surface area contributed by atoms with Crippen LogP contribution in [-0.4, -0.2) is 75.2 Å². The summed E-state index contributed by atoms with van der Waals surface area (Å²) in [5, 5.41) is 36.1. The molecule has 0 saturated carbocycles. The van der Waals surface area contributed by atoms with Crippen molar-refractivity contribution in [2.75, 3.05) is 6.61 Å². The molecule has 8 N–H and O–H groups in total. The van der Waals surface area contributed by atoms with Gasteiger partial charge in [-0.2, -0.15) is 8.42 Å². The summed E-state index contributed by atoms with van der Waals surface area (Å²) in [4.78, 5) is 0. The van der Waals surface area contributed by atoms with E-state index < -0.39 is 47.6 Å². The molecule has 0 radical (unpaired) electrons. The molecule has 5 atom stereocenters. The van der Waals surface area contributed by atoms with E-state index in [1.54, 1.807) is 0 Å². The monoisotopic (exact) mass is 335 g/mol. The predicted molar refractivity (Wildman–Crippen MR) is 52.1 cm³/mol. The molecule has 10 nitrogen and oxygen atoms in total. The quantitative estimate of drug-likeness (QED) is 0.179. The average molecular weight is 336 g/mol. The Balaban J connectivity index is -0.000000320. The van der Waals surface area contributed by atoms with Gasteiger partial charge in [-0.3, -0.25) is 9.11 Å². The van der Waals surface area contributed by atoms with Crippen molar-refractivity contribution < 1.29 is 84.7 Å². The van der Waals surface area contributed by atoms with Gasteiger partial charge < -0.3 is 43.3 Å². The Kier molecular flexibility index (Phi) is 13.9. The van der Waals surface area contributed by atoms with Crippen molar-refractivity contribution in [3.8, 4) is 0 Å². The smallest absolute Gasteiger partial charge is 1.00 e. The third kappa shape index (κ3) is 10.3. The van der Waals surface area contributed by atoms with Gasteiger partial charge in [0.25, 0.3) is 0 Å². The summed E-state index contributed by atoms with van der Waals surface area (Å²) in [7, 11) is -4.67. The molecule has 112 valence electrons. The summed E-state index contributed by atoms with van der Waals surface area (Å²) >= 11 is 0. The summed E-state index contributed by atoms with van der Waals surface area (Å²) in [6.07, 6.45) is -4.85. The standard InChI is InChI=1S/C6H13NO5.ClH.Na.H2O4S/c7-3-5(10)4(9)2(1-8)12-6(3)11;;;1-5(2,3)4/h2-6,8-11H,1,7H2;1H;;(H2,1,2,3,4)/q;;+1;/p-1/t2?,3?,4-,5+,6+;;;/m1.../s1. The molecule has 0 amide bonds. The molecule has 1 fully saturated rings. The van der Waals surface area contributed by atoms with Crippen molar-refractivity contribution in [3.05, 3.63) is 0 Å². The van der Waals surface area contributed by atoms with Gasteiger partial charge in [-0.1, -0.05) is 0 Å². The predicted octanol–water partition coefficient (Wildman–Crippen LogP) is -9.90. The zero-order chi connectivity index (χ0) is 13.8. The second kappa shape index (κ2) is 10.6. The summed E-state index contributed by atoms with van der Waals surface area (Å²) in [5.41, 5.74) is 5.26. The number of rotatable bonds is 1. The number of ether oxygens (including phenoxy) is 1. The first kappa shape index (κ1) is 24.9. The van der Waals surface area contributed by atoms with Gasteiger partial charge in [-0.15, -0.1) is 0 Å². The SMILES string of the molecule is NC1[C@@H](O)OC(CO)[C@@H](O)[C@H]1O.O=S(=O)(O)O.[Cl-].[Na+]. The molecule has 1 aliphatic heterocycles. The molecule has 1 heterocycles. The van der Waals surface area contributed by atoms with E-state index in [0.29, 0.717) is 0 Å². The van der Waals surface area contributed by atoms with Crippen LogP contribution >= 0.6 is 0 Å². The van der Waals surface area contributed by atoms with Gasteiger partial charge >= 0.3 is 40.0 Å². The Hall–Kier alpha value is 0.920. The van der Waals surface area contributed by atoms with Crippen LogP contribution in [0.2, 0.25) is 0 Å². The Morgan fingerprint density at radius 1 is 1.11 bits per heavy atom. The van der Waals surface area contributed by atoms with Crippen molar-refractivity contribution in [1.82, 2.24) is 0 Å². The fraction of sp³-hybridized carbons (Fsp3) is 1.00. The van der Waals surface area contributed by atoms with Gasteiger partial charge in [0.2, 0.25) is 0 Å². The fourth-order valence-electron chi connectivity index (χ4n) is 1.12. The second-order valence-electron chi connectivity index (χ2n) is 3.25. The normalized spacial score (nSPS) is 34.2. The van der Waals surface area contributed by atoms with E-state index in [-0.39, 0.29) is 42.0 Å². The minimum absolute atomic E-state index is 0. The van der Waals surface area contributed by atoms with Crippen molar-refractivity contribution in [1.29, 1.82) is 0 Å². The van der Waals surface area contributed by atoms with Crippen molar-refractivity contribution in [3.63, 3.8) is 0 Å². The minimum Gasteiger partial charge on any atom is -1.00 e. The second-order valence-corrected chi connectivity index (χ2v) is 4.15. The molecular formula is C6H15ClNNaO9S. The molecule has 1 rings (SSSR count). The van der Waals surface area contributed by atoms with Crippen LogP contribution < -0.4 is 47.7 Å². The van der Waals surface area contributed by atoms with E-state index in [4.69, 9.17) is 38.2 Å². The van der Waals surface area contributed by atoms with Gasteiger partial charge in [0.15, 0.2) is 6.29 Å². The Morgan fingerprint density at radius 2 is 1.47 bits per heavy atom. The number of hydrogen-bond donors (Lipinski definition) is 7. The Morgan fingerprint density at radius 3 is 1.79 bits per heavy atom.